The molecule has 0 saturated carbocycles. The van der Waals surface area contributed by atoms with Gasteiger partial charge in [-0.1, -0.05) is 17.7 Å². The van der Waals surface area contributed by atoms with Gasteiger partial charge >= 0.3 is 5.97 Å². The Balaban J connectivity index is 1.53. The smallest absolute Gasteiger partial charge is 0.312 e. The molecular formula is C21H24N2O5. The van der Waals surface area contributed by atoms with Crippen LogP contribution in [0.2, 0.25) is 0 Å². The summed E-state index contributed by atoms with van der Waals surface area (Å²) in [6, 6.07) is 9.20. The van der Waals surface area contributed by atoms with Crippen molar-refractivity contribution in [1.29, 1.82) is 0 Å². The van der Waals surface area contributed by atoms with E-state index in [1.165, 1.54) is 13.2 Å². The molecule has 7 nitrogen and oxygen atoms in total. The molecule has 28 heavy (non-hydrogen) atoms. The van der Waals surface area contributed by atoms with E-state index >= 15 is 0 Å². The van der Waals surface area contributed by atoms with E-state index in [1.807, 2.05) is 32.0 Å². The highest BCUT2D eigenvalue weighted by Gasteiger charge is 2.36. The van der Waals surface area contributed by atoms with Crippen molar-refractivity contribution >= 4 is 23.5 Å². The van der Waals surface area contributed by atoms with Gasteiger partial charge in [-0.05, 0) is 44.5 Å². The van der Waals surface area contributed by atoms with Gasteiger partial charge in [-0.3, -0.25) is 14.4 Å². The normalized spacial score (nSPS) is 17.5. The molecule has 3 rings (SSSR count). The Morgan fingerprint density at radius 1 is 1.32 bits per heavy atom. The molecule has 0 spiro atoms. The molecule has 0 aliphatic carbocycles. The van der Waals surface area contributed by atoms with Crippen molar-refractivity contribution < 1.29 is 23.5 Å². The van der Waals surface area contributed by atoms with Crippen molar-refractivity contribution in [3.05, 3.63) is 53.5 Å². The van der Waals surface area contributed by atoms with Gasteiger partial charge in [-0.15, -0.1) is 0 Å². The lowest BCUT2D eigenvalue weighted by atomic mass is 10.1. The molecule has 1 saturated heterocycles. The first kappa shape index (κ1) is 19.7. The average molecular weight is 384 g/mol. The van der Waals surface area contributed by atoms with E-state index in [9.17, 15) is 14.4 Å². The fourth-order valence-corrected chi connectivity index (χ4v) is 3.19. The molecule has 1 aliphatic heterocycles. The quantitative estimate of drug-likeness (QED) is 0.774. The van der Waals surface area contributed by atoms with E-state index in [1.54, 1.807) is 17.0 Å². The number of aryl methyl sites for hydroxylation is 2. The predicted molar refractivity (Wildman–Crippen MR) is 102 cm³/mol. The van der Waals surface area contributed by atoms with E-state index in [0.717, 1.165) is 11.1 Å². The molecule has 2 atom stereocenters. The molecule has 2 aromatic rings. The second-order valence-electron chi connectivity index (χ2n) is 7.14. The Kier molecular flexibility index (Phi) is 5.82. The fraction of sp³-hybridized carbons (Fsp3) is 0.381. The van der Waals surface area contributed by atoms with Crippen LogP contribution in [0.4, 0.5) is 5.69 Å². The standard InChI is InChI=1S/C21H24N2O5/c1-13-6-7-18(14(2)9-13)22-20(25)15(3)28-21(26)16-10-19(24)23(11-16)12-17-5-4-8-27-17/h4-9,15-16H,10-12H2,1-3H3,(H,22,25)/t15-,16+/m1/s1. The molecular weight excluding hydrogens is 360 g/mol. The molecule has 1 aromatic carbocycles. The van der Waals surface area contributed by atoms with Crippen molar-refractivity contribution in [2.24, 2.45) is 5.92 Å². The summed E-state index contributed by atoms with van der Waals surface area (Å²) in [5.41, 5.74) is 2.71. The van der Waals surface area contributed by atoms with Crippen LogP contribution >= 0.6 is 0 Å². The number of esters is 1. The third kappa shape index (κ3) is 4.60. The first-order valence-electron chi connectivity index (χ1n) is 9.22. The summed E-state index contributed by atoms with van der Waals surface area (Å²) in [5.74, 6) is -1.01. The summed E-state index contributed by atoms with van der Waals surface area (Å²) in [6.07, 6.45) is 0.658. The van der Waals surface area contributed by atoms with Gasteiger partial charge in [0.15, 0.2) is 6.10 Å². The summed E-state index contributed by atoms with van der Waals surface area (Å²) in [4.78, 5) is 38.5. The lowest BCUT2D eigenvalue weighted by Crippen LogP contribution is -2.33. The molecule has 0 unspecified atom stereocenters. The van der Waals surface area contributed by atoms with Crippen LogP contribution in [0.15, 0.2) is 41.0 Å². The van der Waals surface area contributed by atoms with Crippen molar-refractivity contribution in [1.82, 2.24) is 4.90 Å². The summed E-state index contributed by atoms with van der Waals surface area (Å²) >= 11 is 0. The third-order valence-electron chi connectivity index (χ3n) is 4.78. The minimum atomic E-state index is -0.956. The molecule has 148 valence electrons. The lowest BCUT2D eigenvalue weighted by Gasteiger charge is -2.17. The monoisotopic (exact) mass is 384 g/mol. The number of rotatable bonds is 6. The number of carbonyl (C=O) groups is 3. The molecule has 2 amide bonds. The van der Waals surface area contributed by atoms with Gasteiger partial charge < -0.3 is 19.4 Å². The largest absolute Gasteiger partial charge is 0.467 e. The van der Waals surface area contributed by atoms with Crippen molar-refractivity contribution in [3.8, 4) is 0 Å². The van der Waals surface area contributed by atoms with Gasteiger partial charge in [-0.25, -0.2) is 0 Å². The average Bonchev–Trinajstić information content (AvgIpc) is 3.28. The number of furan rings is 1. The first-order valence-corrected chi connectivity index (χ1v) is 9.22. The number of amides is 2. The third-order valence-corrected chi connectivity index (χ3v) is 4.78. The fourth-order valence-electron chi connectivity index (χ4n) is 3.19. The van der Waals surface area contributed by atoms with Gasteiger partial charge in [-0.2, -0.15) is 0 Å². The molecule has 1 fully saturated rings. The van der Waals surface area contributed by atoms with E-state index < -0.39 is 23.9 Å². The van der Waals surface area contributed by atoms with Crippen LogP contribution in [0.5, 0.6) is 0 Å². The van der Waals surface area contributed by atoms with Crippen LogP contribution in [0.25, 0.3) is 0 Å². The molecule has 1 N–H and O–H groups in total. The number of anilines is 1. The van der Waals surface area contributed by atoms with Gasteiger partial charge in [0.1, 0.15) is 5.76 Å². The Hall–Kier alpha value is -3.09. The zero-order valence-electron chi connectivity index (χ0n) is 16.2. The van der Waals surface area contributed by atoms with Crippen LogP contribution in [-0.4, -0.2) is 35.3 Å². The van der Waals surface area contributed by atoms with E-state index in [4.69, 9.17) is 9.15 Å². The van der Waals surface area contributed by atoms with Crippen molar-refractivity contribution in [3.63, 3.8) is 0 Å². The van der Waals surface area contributed by atoms with E-state index in [-0.39, 0.29) is 18.9 Å². The summed E-state index contributed by atoms with van der Waals surface area (Å²) in [6.45, 7) is 5.97. The Morgan fingerprint density at radius 3 is 2.79 bits per heavy atom. The minimum absolute atomic E-state index is 0.0744. The number of benzene rings is 1. The van der Waals surface area contributed by atoms with Crippen molar-refractivity contribution in [2.45, 2.75) is 39.8 Å². The number of ether oxygens (including phenoxy) is 1. The van der Waals surface area contributed by atoms with Crippen LogP contribution < -0.4 is 5.32 Å². The first-order chi connectivity index (χ1) is 13.3. The van der Waals surface area contributed by atoms with Crippen LogP contribution in [0.1, 0.15) is 30.2 Å². The molecule has 0 radical (unpaired) electrons. The molecule has 0 bridgehead atoms. The molecule has 1 aromatic heterocycles. The van der Waals surface area contributed by atoms with Gasteiger partial charge in [0.2, 0.25) is 5.91 Å². The predicted octanol–water partition coefficient (Wildman–Crippen LogP) is 2.82. The van der Waals surface area contributed by atoms with Crippen LogP contribution in [0.3, 0.4) is 0 Å². The lowest BCUT2D eigenvalue weighted by molar-refractivity contribution is -0.157. The molecule has 2 heterocycles. The molecule has 7 heteroatoms. The van der Waals surface area contributed by atoms with Crippen molar-refractivity contribution in [2.75, 3.05) is 11.9 Å². The van der Waals surface area contributed by atoms with Gasteiger partial charge in [0.05, 0.1) is 18.7 Å². The minimum Gasteiger partial charge on any atom is -0.467 e. The maximum atomic E-state index is 12.4. The maximum Gasteiger partial charge on any atom is 0.312 e. The zero-order chi connectivity index (χ0) is 20.3. The summed E-state index contributed by atoms with van der Waals surface area (Å²) in [7, 11) is 0. The van der Waals surface area contributed by atoms with Gasteiger partial charge in [0, 0.05) is 18.7 Å². The SMILES string of the molecule is Cc1ccc(NC(=O)[C@@H](C)OC(=O)[C@H]2CC(=O)N(Cc3ccco3)C2)c(C)c1. The second kappa shape index (κ2) is 8.29. The highest BCUT2D eigenvalue weighted by molar-refractivity contribution is 5.96. The Labute approximate surface area is 163 Å². The Morgan fingerprint density at radius 2 is 2.11 bits per heavy atom. The summed E-state index contributed by atoms with van der Waals surface area (Å²) < 4.78 is 10.6. The van der Waals surface area contributed by atoms with E-state index in [2.05, 4.69) is 5.32 Å². The highest BCUT2D eigenvalue weighted by Crippen LogP contribution is 2.22. The highest BCUT2D eigenvalue weighted by atomic mass is 16.5. The topological polar surface area (TPSA) is 88.8 Å². The van der Waals surface area contributed by atoms with Crippen LogP contribution in [0, 0.1) is 19.8 Å². The van der Waals surface area contributed by atoms with E-state index in [0.29, 0.717) is 18.0 Å². The number of likely N-dealkylation sites (tertiary alicyclic amines) is 1. The number of nitrogens with one attached hydrogen (secondary N) is 1. The number of hydrogen-bond donors (Lipinski definition) is 1. The Bertz CT molecular complexity index is 875. The maximum absolute atomic E-state index is 12.4. The van der Waals surface area contributed by atoms with Gasteiger partial charge in [0.25, 0.3) is 5.91 Å². The second-order valence-corrected chi connectivity index (χ2v) is 7.14. The molecule has 1 aliphatic rings. The zero-order valence-corrected chi connectivity index (χ0v) is 16.2. The van der Waals surface area contributed by atoms with Crippen LogP contribution in [-0.2, 0) is 25.7 Å². The number of carbonyl (C=O) groups excluding carboxylic acids is 3. The number of nitrogens with zero attached hydrogens (tertiary/aromatic N) is 1. The summed E-state index contributed by atoms with van der Waals surface area (Å²) in [5, 5.41) is 2.77. The number of hydrogen-bond acceptors (Lipinski definition) is 5.